The number of nitrogens with zero attached hydrogens (tertiary/aromatic N) is 1. The summed E-state index contributed by atoms with van der Waals surface area (Å²) < 4.78 is 31.7. The molecule has 1 aromatic rings. The van der Waals surface area contributed by atoms with Gasteiger partial charge in [-0.1, -0.05) is 0 Å². The van der Waals surface area contributed by atoms with Gasteiger partial charge in [0.1, 0.15) is 5.82 Å². The van der Waals surface area contributed by atoms with Gasteiger partial charge in [-0.25, -0.2) is 9.78 Å². The van der Waals surface area contributed by atoms with E-state index in [1.165, 1.54) is 6.07 Å². The number of alkyl halides is 3. The number of aliphatic carboxylic acids is 1. The first kappa shape index (κ1) is 14.2. The Morgan fingerprint density at radius 3 is 2.33 bits per heavy atom. The van der Waals surface area contributed by atoms with Crippen molar-refractivity contribution in [2.75, 3.05) is 13.1 Å². The van der Waals surface area contributed by atoms with Crippen LogP contribution in [0, 0.1) is 0 Å². The second kappa shape index (κ2) is 5.63. The number of hydrogen-bond acceptors (Lipinski definition) is 4. The maximum absolute atomic E-state index is 10.8. The Labute approximate surface area is 98.9 Å². The highest BCUT2D eigenvalue weighted by Gasteiger charge is 2.38. The number of halogens is 3. The highest BCUT2D eigenvalue weighted by molar-refractivity contribution is 5.73. The Balaban J connectivity index is 0.000000203. The fraction of sp³-hybridized carbons (Fsp3) is 0.444. The molecular formula is C9H10F3N3O3. The molecule has 0 bridgehead atoms. The van der Waals surface area contributed by atoms with Gasteiger partial charge in [0.05, 0.1) is 0 Å². The van der Waals surface area contributed by atoms with Gasteiger partial charge in [-0.05, 0) is 0 Å². The van der Waals surface area contributed by atoms with Gasteiger partial charge in [0.25, 0.3) is 5.56 Å². The van der Waals surface area contributed by atoms with Crippen molar-refractivity contribution in [3.8, 4) is 0 Å². The molecule has 6 nitrogen and oxygen atoms in total. The van der Waals surface area contributed by atoms with Gasteiger partial charge < -0.3 is 15.4 Å². The minimum atomic E-state index is -5.08. The van der Waals surface area contributed by atoms with E-state index in [1.807, 2.05) is 0 Å². The number of aromatic amines is 1. The van der Waals surface area contributed by atoms with Crippen LogP contribution in [0.25, 0.3) is 0 Å². The van der Waals surface area contributed by atoms with Crippen molar-refractivity contribution in [2.45, 2.75) is 12.1 Å². The molecule has 1 aliphatic heterocycles. The molecular weight excluding hydrogens is 255 g/mol. The average molecular weight is 265 g/mol. The quantitative estimate of drug-likeness (QED) is 0.669. The van der Waals surface area contributed by atoms with Crippen LogP contribution in [0.1, 0.15) is 11.7 Å². The number of carboxylic acid groups (broad SMARTS) is 1. The minimum absolute atomic E-state index is 0.0677. The summed E-state index contributed by atoms with van der Waals surface area (Å²) in [4.78, 5) is 26.5. The molecule has 1 aromatic heterocycles. The summed E-state index contributed by atoms with van der Waals surface area (Å²) in [6.07, 6.45) is -3.54. The lowest BCUT2D eigenvalue weighted by Gasteiger charge is -2.25. The van der Waals surface area contributed by atoms with Crippen LogP contribution < -0.4 is 10.9 Å². The molecule has 18 heavy (non-hydrogen) atoms. The van der Waals surface area contributed by atoms with E-state index in [0.717, 1.165) is 18.9 Å². The van der Waals surface area contributed by atoms with Crippen LogP contribution in [-0.4, -0.2) is 40.3 Å². The SMILES string of the molecule is O=C(O)C(F)(F)F.O=c1ccnc(C2CNC2)[nH]1. The number of nitrogens with one attached hydrogen (secondary N) is 2. The van der Waals surface area contributed by atoms with Gasteiger partial charge in [0.2, 0.25) is 0 Å². The molecule has 0 atom stereocenters. The molecule has 0 spiro atoms. The van der Waals surface area contributed by atoms with E-state index < -0.39 is 12.1 Å². The van der Waals surface area contributed by atoms with Gasteiger partial charge in [-0.3, -0.25) is 4.79 Å². The zero-order chi connectivity index (χ0) is 13.8. The monoisotopic (exact) mass is 265 g/mol. The van der Waals surface area contributed by atoms with Crippen LogP contribution in [0.4, 0.5) is 13.2 Å². The molecule has 1 saturated heterocycles. The number of carboxylic acids is 1. The topological polar surface area (TPSA) is 95.1 Å². The largest absolute Gasteiger partial charge is 0.490 e. The van der Waals surface area contributed by atoms with E-state index in [2.05, 4.69) is 15.3 Å². The molecule has 0 unspecified atom stereocenters. The van der Waals surface area contributed by atoms with Crippen molar-refractivity contribution in [2.24, 2.45) is 0 Å². The van der Waals surface area contributed by atoms with E-state index in [1.54, 1.807) is 6.20 Å². The molecule has 0 aromatic carbocycles. The summed E-state index contributed by atoms with van der Waals surface area (Å²) in [5.41, 5.74) is -0.0677. The molecule has 2 heterocycles. The van der Waals surface area contributed by atoms with Crippen LogP contribution in [0.5, 0.6) is 0 Å². The molecule has 9 heteroatoms. The van der Waals surface area contributed by atoms with Crippen molar-refractivity contribution in [1.82, 2.24) is 15.3 Å². The Bertz CT molecular complexity index is 468. The van der Waals surface area contributed by atoms with Crippen LogP contribution >= 0.6 is 0 Å². The predicted molar refractivity (Wildman–Crippen MR) is 54.2 cm³/mol. The van der Waals surface area contributed by atoms with E-state index >= 15 is 0 Å². The first-order valence-electron chi connectivity index (χ1n) is 4.86. The van der Waals surface area contributed by atoms with Crippen LogP contribution in [0.15, 0.2) is 17.1 Å². The van der Waals surface area contributed by atoms with E-state index in [4.69, 9.17) is 9.90 Å². The molecule has 100 valence electrons. The Morgan fingerprint density at radius 1 is 1.44 bits per heavy atom. The predicted octanol–water partition coefficient (Wildman–Crippen LogP) is 0.0900. The molecule has 0 aliphatic carbocycles. The van der Waals surface area contributed by atoms with Crippen LogP contribution in [0.2, 0.25) is 0 Å². The van der Waals surface area contributed by atoms with Gasteiger partial charge in [-0.2, -0.15) is 13.2 Å². The molecule has 0 amide bonds. The molecule has 0 saturated carbocycles. The number of hydrogen-bond donors (Lipinski definition) is 3. The van der Waals surface area contributed by atoms with Gasteiger partial charge in [0, 0.05) is 31.3 Å². The van der Waals surface area contributed by atoms with Crippen molar-refractivity contribution < 1.29 is 23.1 Å². The van der Waals surface area contributed by atoms with Crippen LogP contribution in [-0.2, 0) is 4.79 Å². The zero-order valence-electron chi connectivity index (χ0n) is 8.99. The highest BCUT2D eigenvalue weighted by Crippen LogP contribution is 2.13. The maximum atomic E-state index is 10.8. The lowest BCUT2D eigenvalue weighted by Crippen LogP contribution is -2.41. The summed E-state index contributed by atoms with van der Waals surface area (Å²) in [5, 5.41) is 10.2. The van der Waals surface area contributed by atoms with E-state index in [9.17, 15) is 18.0 Å². The molecule has 2 rings (SSSR count). The third-order valence-corrected chi connectivity index (χ3v) is 2.10. The summed E-state index contributed by atoms with van der Waals surface area (Å²) >= 11 is 0. The summed E-state index contributed by atoms with van der Waals surface area (Å²) in [6.45, 7) is 1.85. The van der Waals surface area contributed by atoms with Crippen molar-refractivity contribution in [3.05, 3.63) is 28.4 Å². The Morgan fingerprint density at radius 2 is 2.00 bits per heavy atom. The summed E-state index contributed by atoms with van der Waals surface area (Å²) in [6, 6.07) is 1.43. The van der Waals surface area contributed by atoms with Gasteiger partial charge in [0.15, 0.2) is 0 Å². The second-order valence-electron chi connectivity index (χ2n) is 3.48. The smallest absolute Gasteiger partial charge is 0.475 e. The molecule has 1 aliphatic rings. The Hall–Kier alpha value is -1.90. The second-order valence-corrected chi connectivity index (χ2v) is 3.48. The molecule has 3 N–H and O–H groups in total. The standard InChI is InChI=1S/C7H9N3O.C2HF3O2/c11-6-1-2-9-7(10-6)5-3-8-4-5;3-2(4,5)1(6)7/h1-2,5,8H,3-4H2,(H,9,10,11);(H,6,7). The number of rotatable bonds is 1. The normalized spacial score (nSPS) is 15.3. The minimum Gasteiger partial charge on any atom is -0.475 e. The Kier molecular flexibility index (Phi) is 4.43. The first-order valence-corrected chi connectivity index (χ1v) is 4.86. The molecule has 0 radical (unpaired) electrons. The van der Waals surface area contributed by atoms with Crippen molar-refractivity contribution in [1.29, 1.82) is 0 Å². The number of carbonyl (C=O) groups is 1. The maximum Gasteiger partial charge on any atom is 0.490 e. The lowest BCUT2D eigenvalue weighted by atomic mass is 10.0. The van der Waals surface area contributed by atoms with Crippen molar-refractivity contribution >= 4 is 5.97 Å². The molecule has 1 fully saturated rings. The van der Waals surface area contributed by atoms with E-state index in [-0.39, 0.29) is 5.56 Å². The van der Waals surface area contributed by atoms with E-state index in [0.29, 0.717) is 5.92 Å². The summed E-state index contributed by atoms with van der Waals surface area (Å²) in [5.74, 6) is -1.55. The third kappa shape index (κ3) is 4.17. The van der Waals surface area contributed by atoms with Crippen molar-refractivity contribution in [3.63, 3.8) is 0 Å². The fourth-order valence-electron chi connectivity index (χ4n) is 1.07. The third-order valence-electron chi connectivity index (χ3n) is 2.10. The number of H-pyrrole nitrogens is 1. The zero-order valence-corrected chi connectivity index (χ0v) is 8.99. The highest BCUT2D eigenvalue weighted by atomic mass is 19.4. The summed E-state index contributed by atoms with van der Waals surface area (Å²) in [7, 11) is 0. The first-order chi connectivity index (χ1) is 8.30. The lowest BCUT2D eigenvalue weighted by molar-refractivity contribution is -0.192. The van der Waals surface area contributed by atoms with Gasteiger partial charge in [-0.15, -0.1) is 0 Å². The van der Waals surface area contributed by atoms with Crippen LogP contribution in [0.3, 0.4) is 0 Å². The average Bonchev–Trinajstić information content (AvgIpc) is 2.14. The van der Waals surface area contributed by atoms with Gasteiger partial charge >= 0.3 is 12.1 Å². The fourth-order valence-corrected chi connectivity index (χ4v) is 1.07. The number of aromatic nitrogens is 2.